The summed E-state index contributed by atoms with van der Waals surface area (Å²) in [6, 6.07) is 1.40. The molecule has 17 heavy (non-hydrogen) atoms. The fourth-order valence-electron chi connectivity index (χ4n) is 3.41. The zero-order valence-corrected chi connectivity index (χ0v) is 10.7. The molecule has 0 bridgehead atoms. The smallest absolute Gasteiger partial charge is 0.141 e. The molecule has 1 aromatic rings. The zero-order chi connectivity index (χ0) is 12.7. The topological polar surface area (TPSA) is 33.1 Å². The number of hydrogen-bond acceptors (Lipinski definition) is 2. The summed E-state index contributed by atoms with van der Waals surface area (Å²) in [6.45, 7) is 6.44. The Kier molecular flexibility index (Phi) is 2.98. The third-order valence-electron chi connectivity index (χ3n) is 3.60. The Hall–Kier alpha value is -0.960. The van der Waals surface area contributed by atoms with Crippen LogP contribution in [0, 0.1) is 17.2 Å². The van der Waals surface area contributed by atoms with Crippen LogP contribution in [-0.4, -0.2) is 10.1 Å². The lowest BCUT2D eigenvalue weighted by Crippen LogP contribution is -2.40. The van der Waals surface area contributed by atoms with Crippen LogP contribution in [0.2, 0.25) is 0 Å². The second-order valence-corrected chi connectivity index (χ2v) is 6.28. The number of nitrogens with zero attached hydrogens (tertiary/aromatic N) is 1. The van der Waals surface area contributed by atoms with Crippen LogP contribution in [0.4, 0.5) is 4.39 Å². The fourth-order valence-corrected chi connectivity index (χ4v) is 3.41. The van der Waals surface area contributed by atoms with Crippen molar-refractivity contribution in [2.45, 2.75) is 45.6 Å². The van der Waals surface area contributed by atoms with E-state index in [4.69, 9.17) is 0 Å². The summed E-state index contributed by atoms with van der Waals surface area (Å²) < 4.78 is 13.2. The summed E-state index contributed by atoms with van der Waals surface area (Å²) in [5.74, 6) is 0.0546. The molecule has 3 heteroatoms. The van der Waals surface area contributed by atoms with Gasteiger partial charge in [0.1, 0.15) is 5.82 Å². The van der Waals surface area contributed by atoms with E-state index in [9.17, 15) is 9.50 Å². The van der Waals surface area contributed by atoms with E-state index in [-0.39, 0.29) is 11.2 Å². The first-order chi connectivity index (χ1) is 7.81. The molecule has 0 aliphatic heterocycles. The van der Waals surface area contributed by atoms with Crippen molar-refractivity contribution in [1.29, 1.82) is 0 Å². The van der Waals surface area contributed by atoms with Crippen molar-refractivity contribution < 1.29 is 9.50 Å². The van der Waals surface area contributed by atoms with Crippen molar-refractivity contribution in [2.24, 2.45) is 11.3 Å². The monoisotopic (exact) mass is 237 g/mol. The Balaban J connectivity index is 2.35. The molecule has 0 radical (unpaired) electrons. The van der Waals surface area contributed by atoms with Gasteiger partial charge in [-0.1, -0.05) is 20.8 Å². The molecule has 1 fully saturated rings. The van der Waals surface area contributed by atoms with Gasteiger partial charge in [0.15, 0.2) is 0 Å². The molecule has 1 aromatic heterocycles. The van der Waals surface area contributed by atoms with Crippen molar-refractivity contribution >= 4 is 0 Å². The molecule has 1 heterocycles. The highest BCUT2D eigenvalue weighted by Gasteiger charge is 2.42. The van der Waals surface area contributed by atoms with Gasteiger partial charge in [0, 0.05) is 11.8 Å². The zero-order valence-electron chi connectivity index (χ0n) is 10.7. The quantitative estimate of drug-likeness (QED) is 0.813. The predicted octanol–water partition coefficient (Wildman–Crippen LogP) is 3.25. The van der Waals surface area contributed by atoms with Crippen molar-refractivity contribution in [3.8, 4) is 0 Å². The summed E-state index contributed by atoms with van der Waals surface area (Å²) in [6.07, 6.45) is 5.19. The van der Waals surface area contributed by atoms with Gasteiger partial charge in [0.2, 0.25) is 0 Å². The van der Waals surface area contributed by atoms with Gasteiger partial charge in [0.25, 0.3) is 0 Å². The first-order valence-electron chi connectivity index (χ1n) is 6.14. The van der Waals surface area contributed by atoms with Crippen LogP contribution in [0.25, 0.3) is 0 Å². The number of aliphatic hydroxyl groups is 1. The van der Waals surface area contributed by atoms with Crippen molar-refractivity contribution in [3.63, 3.8) is 0 Å². The molecule has 1 aliphatic carbocycles. The van der Waals surface area contributed by atoms with E-state index in [2.05, 4.69) is 25.8 Å². The molecular weight excluding hydrogens is 217 g/mol. The van der Waals surface area contributed by atoms with Gasteiger partial charge < -0.3 is 5.11 Å². The molecule has 0 aromatic carbocycles. The molecule has 0 amide bonds. The van der Waals surface area contributed by atoms with E-state index in [1.807, 2.05) is 0 Å². The molecule has 2 rings (SSSR count). The molecule has 0 spiro atoms. The summed E-state index contributed by atoms with van der Waals surface area (Å²) in [4.78, 5) is 3.84. The number of hydrogen-bond donors (Lipinski definition) is 1. The maximum atomic E-state index is 13.2. The van der Waals surface area contributed by atoms with E-state index in [0.717, 1.165) is 6.42 Å². The minimum absolute atomic E-state index is 0.0821. The highest BCUT2D eigenvalue weighted by Crippen LogP contribution is 2.48. The van der Waals surface area contributed by atoms with Gasteiger partial charge in [-0.05, 0) is 36.7 Å². The lowest BCUT2D eigenvalue weighted by atomic mass is 9.64. The SMILES string of the molecule is CC1CC(C)(C)CC(O)(c2cncc(F)c2)C1. The first-order valence-corrected chi connectivity index (χ1v) is 6.14. The minimum atomic E-state index is -0.934. The lowest BCUT2D eigenvalue weighted by molar-refractivity contribution is -0.0639. The van der Waals surface area contributed by atoms with Crippen LogP contribution in [0.15, 0.2) is 18.5 Å². The molecule has 2 unspecified atom stereocenters. The molecule has 1 aliphatic rings. The molecule has 0 saturated heterocycles. The maximum Gasteiger partial charge on any atom is 0.141 e. The predicted molar refractivity (Wildman–Crippen MR) is 64.9 cm³/mol. The Morgan fingerprint density at radius 1 is 1.35 bits per heavy atom. The van der Waals surface area contributed by atoms with Gasteiger partial charge in [-0.3, -0.25) is 4.98 Å². The molecule has 1 N–H and O–H groups in total. The Morgan fingerprint density at radius 3 is 2.65 bits per heavy atom. The Morgan fingerprint density at radius 2 is 2.06 bits per heavy atom. The Labute approximate surface area is 102 Å². The molecule has 94 valence electrons. The van der Waals surface area contributed by atoms with Gasteiger partial charge in [-0.2, -0.15) is 0 Å². The number of pyridine rings is 1. The lowest BCUT2D eigenvalue weighted by Gasteiger charge is -2.44. The Bertz CT molecular complexity index is 418. The molecule has 1 saturated carbocycles. The minimum Gasteiger partial charge on any atom is -0.385 e. The third-order valence-corrected chi connectivity index (χ3v) is 3.60. The van der Waals surface area contributed by atoms with Crippen LogP contribution in [0.3, 0.4) is 0 Å². The number of halogens is 1. The summed E-state index contributed by atoms with van der Waals surface area (Å²) in [5.41, 5.74) is -0.244. The van der Waals surface area contributed by atoms with Crippen LogP contribution in [-0.2, 0) is 5.60 Å². The molecule has 2 atom stereocenters. The standard InChI is InChI=1S/C14H20FNO/c1-10-5-13(2,3)9-14(17,6-10)11-4-12(15)8-16-7-11/h4,7-8,10,17H,5-6,9H2,1-3H3. The number of rotatable bonds is 1. The van der Waals surface area contributed by atoms with E-state index in [1.54, 1.807) is 6.20 Å². The molecular formula is C14H20FNO. The van der Waals surface area contributed by atoms with Crippen molar-refractivity contribution in [1.82, 2.24) is 4.98 Å². The number of aromatic nitrogens is 1. The van der Waals surface area contributed by atoms with Crippen LogP contribution >= 0.6 is 0 Å². The van der Waals surface area contributed by atoms with E-state index >= 15 is 0 Å². The second-order valence-electron chi connectivity index (χ2n) is 6.28. The summed E-state index contributed by atoms with van der Waals surface area (Å²) >= 11 is 0. The van der Waals surface area contributed by atoms with Crippen LogP contribution in [0.1, 0.15) is 45.6 Å². The van der Waals surface area contributed by atoms with Gasteiger partial charge in [-0.15, -0.1) is 0 Å². The average molecular weight is 237 g/mol. The molecule has 2 nitrogen and oxygen atoms in total. The van der Waals surface area contributed by atoms with Crippen LogP contribution < -0.4 is 0 Å². The van der Waals surface area contributed by atoms with E-state index in [1.165, 1.54) is 12.3 Å². The highest BCUT2D eigenvalue weighted by molar-refractivity contribution is 5.20. The van der Waals surface area contributed by atoms with E-state index in [0.29, 0.717) is 24.3 Å². The summed E-state index contributed by atoms with van der Waals surface area (Å²) in [5, 5.41) is 10.8. The van der Waals surface area contributed by atoms with E-state index < -0.39 is 5.60 Å². The fraction of sp³-hybridized carbons (Fsp3) is 0.643. The van der Waals surface area contributed by atoms with Gasteiger partial charge in [-0.25, -0.2) is 4.39 Å². The van der Waals surface area contributed by atoms with Gasteiger partial charge >= 0.3 is 0 Å². The second kappa shape index (κ2) is 4.05. The normalized spacial score (nSPS) is 32.4. The average Bonchev–Trinajstić information content (AvgIpc) is 2.13. The van der Waals surface area contributed by atoms with Crippen LogP contribution in [0.5, 0.6) is 0 Å². The van der Waals surface area contributed by atoms with Crippen molar-refractivity contribution in [3.05, 3.63) is 29.8 Å². The summed E-state index contributed by atoms with van der Waals surface area (Å²) in [7, 11) is 0. The third kappa shape index (κ3) is 2.65. The highest BCUT2D eigenvalue weighted by atomic mass is 19.1. The first kappa shape index (κ1) is 12.5. The largest absolute Gasteiger partial charge is 0.385 e. The van der Waals surface area contributed by atoms with Crippen molar-refractivity contribution in [2.75, 3.05) is 0 Å². The van der Waals surface area contributed by atoms with Gasteiger partial charge in [0.05, 0.1) is 11.8 Å². The maximum absolute atomic E-state index is 13.2.